The van der Waals surface area contributed by atoms with E-state index < -0.39 is 6.10 Å². The van der Waals surface area contributed by atoms with E-state index in [0.29, 0.717) is 5.56 Å². The van der Waals surface area contributed by atoms with Crippen molar-refractivity contribution in [3.63, 3.8) is 0 Å². The highest BCUT2D eigenvalue weighted by atomic mass is 19.1. The third-order valence-corrected chi connectivity index (χ3v) is 3.28. The molecular weight excluding hydrogens is 255 g/mol. The van der Waals surface area contributed by atoms with Gasteiger partial charge in [-0.05, 0) is 37.3 Å². The minimum absolute atomic E-state index is 0.331. The van der Waals surface area contributed by atoms with E-state index in [1.807, 2.05) is 30.1 Å². The van der Waals surface area contributed by atoms with Crippen LogP contribution in [0.1, 0.15) is 24.3 Å². The van der Waals surface area contributed by atoms with Gasteiger partial charge in [-0.1, -0.05) is 6.07 Å². The van der Waals surface area contributed by atoms with Crippen LogP contribution in [-0.4, -0.2) is 23.7 Å². The van der Waals surface area contributed by atoms with Crippen molar-refractivity contribution < 1.29 is 9.50 Å². The van der Waals surface area contributed by atoms with Gasteiger partial charge in [0.15, 0.2) is 0 Å². The van der Waals surface area contributed by atoms with E-state index in [0.717, 1.165) is 24.3 Å². The number of anilines is 1. The number of rotatable bonds is 5. The molecule has 1 N–H and O–H groups in total. The molecule has 0 fully saturated rings. The van der Waals surface area contributed by atoms with E-state index in [2.05, 4.69) is 4.98 Å². The van der Waals surface area contributed by atoms with Crippen LogP contribution in [0.2, 0.25) is 0 Å². The van der Waals surface area contributed by atoms with Gasteiger partial charge in [-0.15, -0.1) is 0 Å². The molecule has 0 aliphatic rings. The number of likely N-dealkylation sites (N-methyl/N-ethyl adjacent to an activating group) is 1. The molecule has 0 amide bonds. The van der Waals surface area contributed by atoms with E-state index in [1.165, 1.54) is 12.1 Å². The van der Waals surface area contributed by atoms with Crippen molar-refractivity contribution >= 4 is 5.69 Å². The summed E-state index contributed by atoms with van der Waals surface area (Å²) in [6, 6.07) is 10.3. The largest absolute Gasteiger partial charge is 0.389 e. The van der Waals surface area contributed by atoms with Crippen molar-refractivity contribution in [1.82, 2.24) is 4.98 Å². The molecule has 4 heteroatoms. The second-order valence-electron chi connectivity index (χ2n) is 4.87. The molecule has 2 aromatic rings. The Morgan fingerprint density at radius 3 is 2.75 bits per heavy atom. The normalized spacial score (nSPS) is 12.2. The fourth-order valence-electron chi connectivity index (χ4n) is 2.16. The number of pyridine rings is 1. The number of nitrogens with zero attached hydrogens (tertiary/aromatic N) is 2. The predicted octanol–water partition coefficient (Wildman–Crippen LogP) is 2.95. The maximum absolute atomic E-state index is 13.3. The Kier molecular flexibility index (Phi) is 4.69. The minimum atomic E-state index is -0.696. The second-order valence-corrected chi connectivity index (χ2v) is 4.87. The molecule has 1 aromatic carbocycles. The summed E-state index contributed by atoms with van der Waals surface area (Å²) in [4.78, 5) is 6.29. The molecule has 0 aliphatic heterocycles. The van der Waals surface area contributed by atoms with Crippen LogP contribution in [0, 0.1) is 5.82 Å². The van der Waals surface area contributed by atoms with Crippen molar-refractivity contribution in [2.75, 3.05) is 18.5 Å². The Bertz CT molecular complexity index is 558. The third-order valence-electron chi connectivity index (χ3n) is 3.28. The maximum atomic E-state index is 13.3. The van der Waals surface area contributed by atoms with Crippen LogP contribution in [-0.2, 0) is 6.42 Å². The first-order valence-electron chi connectivity index (χ1n) is 6.66. The van der Waals surface area contributed by atoms with Gasteiger partial charge in [-0.3, -0.25) is 4.98 Å². The highest BCUT2D eigenvalue weighted by Crippen LogP contribution is 2.26. The summed E-state index contributed by atoms with van der Waals surface area (Å²) in [5.41, 5.74) is 2.46. The number of aliphatic hydroxyl groups excluding tert-OH is 1. The van der Waals surface area contributed by atoms with Gasteiger partial charge in [0, 0.05) is 43.2 Å². The lowest BCUT2D eigenvalue weighted by Gasteiger charge is -2.23. The highest BCUT2D eigenvalue weighted by molar-refractivity contribution is 5.54. The van der Waals surface area contributed by atoms with Crippen molar-refractivity contribution in [1.29, 1.82) is 0 Å². The number of hydrogen-bond donors (Lipinski definition) is 1. The smallest absolute Gasteiger partial charge is 0.123 e. The average molecular weight is 274 g/mol. The number of aliphatic hydroxyl groups is 1. The predicted molar refractivity (Wildman–Crippen MR) is 78.2 cm³/mol. The summed E-state index contributed by atoms with van der Waals surface area (Å²) in [5.74, 6) is -0.331. The zero-order valence-corrected chi connectivity index (χ0v) is 11.8. The molecule has 1 atom stereocenters. The van der Waals surface area contributed by atoms with E-state index >= 15 is 0 Å². The van der Waals surface area contributed by atoms with Crippen LogP contribution < -0.4 is 4.90 Å². The molecule has 20 heavy (non-hydrogen) atoms. The lowest BCUT2D eigenvalue weighted by atomic mass is 10.1. The fraction of sp³-hybridized carbons (Fsp3) is 0.312. The molecule has 0 saturated carbocycles. The Balaban J connectivity index is 2.11. The van der Waals surface area contributed by atoms with Gasteiger partial charge in [0.25, 0.3) is 0 Å². The molecule has 0 bridgehead atoms. The van der Waals surface area contributed by atoms with Crippen LogP contribution >= 0.6 is 0 Å². The lowest BCUT2D eigenvalue weighted by Crippen LogP contribution is -2.22. The van der Waals surface area contributed by atoms with Crippen molar-refractivity contribution in [3.05, 3.63) is 59.7 Å². The Labute approximate surface area is 118 Å². The van der Waals surface area contributed by atoms with E-state index in [9.17, 15) is 9.50 Å². The summed E-state index contributed by atoms with van der Waals surface area (Å²) in [6.45, 7) is 2.40. The molecule has 0 saturated heterocycles. The monoisotopic (exact) mass is 274 g/mol. The summed E-state index contributed by atoms with van der Waals surface area (Å²) < 4.78 is 13.3. The summed E-state index contributed by atoms with van der Waals surface area (Å²) in [6.07, 6.45) is 1.88. The fourth-order valence-corrected chi connectivity index (χ4v) is 2.16. The van der Waals surface area contributed by atoms with Gasteiger partial charge in [-0.25, -0.2) is 4.39 Å². The second kappa shape index (κ2) is 6.48. The van der Waals surface area contributed by atoms with E-state index in [1.54, 1.807) is 19.2 Å². The molecule has 0 aliphatic carbocycles. The van der Waals surface area contributed by atoms with Gasteiger partial charge >= 0.3 is 0 Å². The zero-order chi connectivity index (χ0) is 14.5. The van der Waals surface area contributed by atoms with Crippen molar-refractivity contribution in [3.8, 4) is 0 Å². The molecule has 0 radical (unpaired) electrons. The number of halogens is 1. The summed E-state index contributed by atoms with van der Waals surface area (Å²) >= 11 is 0. The Morgan fingerprint density at radius 1 is 1.30 bits per heavy atom. The van der Waals surface area contributed by atoms with Gasteiger partial charge in [0.05, 0.1) is 6.10 Å². The first-order chi connectivity index (χ1) is 9.58. The Hall–Kier alpha value is -1.94. The standard InChI is InChI=1S/C16H19FN2O/c1-12(20)15-11-13(17)6-7-16(15)19(2)10-8-14-5-3-4-9-18-14/h3-7,9,11-12,20H,8,10H2,1-2H3. The quantitative estimate of drug-likeness (QED) is 0.910. The van der Waals surface area contributed by atoms with Gasteiger partial charge in [0.1, 0.15) is 5.82 Å². The Morgan fingerprint density at radius 2 is 2.10 bits per heavy atom. The molecule has 0 spiro atoms. The molecular formula is C16H19FN2O. The molecule has 2 rings (SSSR count). The zero-order valence-electron chi connectivity index (χ0n) is 11.8. The number of benzene rings is 1. The third kappa shape index (κ3) is 3.54. The highest BCUT2D eigenvalue weighted by Gasteiger charge is 2.12. The first-order valence-corrected chi connectivity index (χ1v) is 6.66. The van der Waals surface area contributed by atoms with Crippen molar-refractivity contribution in [2.24, 2.45) is 0 Å². The molecule has 1 heterocycles. The summed E-state index contributed by atoms with van der Waals surface area (Å²) in [5, 5.41) is 9.76. The number of aromatic nitrogens is 1. The van der Waals surface area contributed by atoms with Gasteiger partial charge in [-0.2, -0.15) is 0 Å². The van der Waals surface area contributed by atoms with E-state index in [-0.39, 0.29) is 5.82 Å². The first kappa shape index (κ1) is 14.5. The molecule has 1 unspecified atom stereocenters. The molecule has 106 valence electrons. The molecule has 1 aromatic heterocycles. The van der Waals surface area contributed by atoms with Crippen LogP contribution in [0.5, 0.6) is 0 Å². The lowest BCUT2D eigenvalue weighted by molar-refractivity contribution is 0.199. The minimum Gasteiger partial charge on any atom is -0.389 e. The topological polar surface area (TPSA) is 36.4 Å². The number of hydrogen-bond acceptors (Lipinski definition) is 3. The maximum Gasteiger partial charge on any atom is 0.123 e. The van der Waals surface area contributed by atoms with Crippen LogP contribution in [0.25, 0.3) is 0 Å². The summed E-state index contributed by atoms with van der Waals surface area (Å²) in [7, 11) is 1.93. The molecule has 3 nitrogen and oxygen atoms in total. The van der Waals surface area contributed by atoms with Gasteiger partial charge < -0.3 is 10.0 Å². The van der Waals surface area contributed by atoms with Crippen LogP contribution in [0.15, 0.2) is 42.6 Å². The van der Waals surface area contributed by atoms with Crippen LogP contribution in [0.3, 0.4) is 0 Å². The average Bonchev–Trinajstić information content (AvgIpc) is 2.45. The van der Waals surface area contributed by atoms with Crippen LogP contribution in [0.4, 0.5) is 10.1 Å². The SMILES string of the molecule is CC(O)c1cc(F)ccc1N(C)CCc1ccccn1. The van der Waals surface area contributed by atoms with Crippen molar-refractivity contribution in [2.45, 2.75) is 19.4 Å². The van der Waals surface area contributed by atoms with Gasteiger partial charge in [0.2, 0.25) is 0 Å². The van der Waals surface area contributed by atoms with E-state index in [4.69, 9.17) is 0 Å².